The summed E-state index contributed by atoms with van der Waals surface area (Å²) in [6.45, 7) is 6.85. The topological polar surface area (TPSA) is 77.3 Å². The highest BCUT2D eigenvalue weighted by Gasteiger charge is 2.27. The third-order valence-electron chi connectivity index (χ3n) is 6.01. The van der Waals surface area contributed by atoms with Crippen LogP contribution in [0.4, 0.5) is 5.69 Å². The summed E-state index contributed by atoms with van der Waals surface area (Å²) in [5.74, 6) is 2.00. The molecule has 0 aliphatic carbocycles. The first-order valence-corrected chi connectivity index (χ1v) is 11.1. The Morgan fingerprint density at radius 1 is 1.12 bits per heavy atom. The molecule has 3 heterocycles. The van der Waals surface area contributed by atoms with Crippen LogP contribution in [0.5, 0.6) is 11.5 Å². The average molecular weight is 450 g/mol. The summed E-state index contributed by atoms with van der Waals surface area (Å²) in [5, 5.41) is 4.05. The van der Waals surface area contributed by atoms with Gasteiger partial charge < -0.3 is 28.5 Å². The van der Waals surface area contributed by atoms with Crippen LogP contribution in [0.3, 0.4) is 0 Å². The minimum absolute atomic E-state index is 0.00904. The van der Waals surface area contributed by atoms with Crippen molar-refractivity contribution in [3.8, 4) is 22.8 Å². The lowest BCUT2D eigenvalue weighted by Crippen LogP contribution is -2.54. The molecule has 2 aliphatic rings. The van der Waals surface area contributed by atoms with E-state index >= 15 is 0 Å². The van der Waals surface area contributed by atoms with Crippen molar-refractivity contribution >= 4 is 11.6 Å². The molecule has 8 heteroatoms. The molecule has 0 N–H and O–H groups in total. The van der Waals surface area contributed by atoms with Gasteiger partial charge in [-0.25, -0.2) is 0 Å². The molecular weight excluding hydrogens is 422 g/mol. The number of carbonyl (C=O) groups excluding carboxylic acids is 1. The lowest BCUT2D eigenvalue weighted by atomic mass is 10.1. The van der Waals surface area contributed by atoms with Crippen LogP contribution in [0.2, 0.25) is 0 Å². The molecule has 0 radical (unpaired) electrons. The van der Waals surface area contributed by atoms with Gasteiger partial charge in [-0.1, -0.05) is 17.3 Å². The molecule has 172 valence electrons. The van der Waals surface area contributed by atoms with Crippen LogP contribution >= 0.6 is 0 Å². The van der Waals surface area contributed by atoms with E-state index in [0.29, 0.717) is 30.3 Å². The Hall–Kier alpha value is -3.52. The van der Waals surface area contributed by atoms with Crippen LogP contribution < -0.4 is 14.4 Å². The maximum Gasteiger partial charge on any atom is 0.248 e. The van der Waals surface area contributed by atoms with E-state index in [1.54, 1.807) is 0 Å². The molecule has 2 aromatic carbocycles. The van der Waals surface area contributed by atoms with Crippen molar-refractivity contribution in [2.75, 3.05) is 37.9 Å². The Kier molecular flexibility index (Phi) is 5.92. The number of hydrogen-bond acceptors (Lipinski definition) is 7. The SMILES string of the molecule is Cc1cccc(N2CCN(C(=O)COCc3cc(-c4ccc5c(c4)OCO5)on3)CC2C)c1. The fourth-order valence-electron chi connectivity index (χ4n) is 4.27. The zero-order valence-corrected chi connectivity index (χ0v) is 18.8. The van der Waals surface area contributed by atoms with Crippen LogP contribution in [-0.2, 0) is 16.1 Å². The predicted octanol–water partition coefficient (Wildman–Crippen LogP) is 3.63. The number of fused-ring (bicyclic) bond motifs is 1. The molecule has 3 aromatic rings. The van der Waals surface area contributed by atoms with Gasteiger partial charge in [0.15, 0.2) is 17.3 Å². The van der Waals surface area contributed by atoms with E-state index in [1.165, 1.54) is 11.3 Å². The largest absolute Gasteiger partial charge is 0.454 e. The Bertz CT molecular complexity index is 1140. The fourth-order valence-corrected chi connectivity index (χ4v) is 4.27. The van der Waals surface area contributed by atoms with Gasteiger partial charge in [-0.3, -0.25) is 4.79 Å². The Morgan fingerprint density at radius 2 is 2.00 bits per heavy atom. The number of aromatic nitrogens is 1. The summed E-state index contributed by atoms with van der Waals surface area (Å²) in [6.07, 6.45) is 0. The Morgan fingerprint density at radius 3 is 2.85 bits per heavy atom. The van der Waals surface area contributed by atoms with Crippen LogP contribution in [0, 0.1) is 6.92 Å². The van der Waals surface area contributed by atoms with Gasteiger partial charge in [0.05, 0.1) is 6.61 Å². The Balaban J connectivity index is 1.11. The summed E-state index contributed by atoms with van der Waals surface area (Å²) in [7, 11) is 0. The molecule has 0 spiro atoms. The van der Waals surface area contributed by atoms with Crippen LogP contribution in [0.15, 0.2) is 53.1 Å². The standard InChI is InChI=1S/C25H27N3O5/c1-17-4-3-5-21(10-17)28-9-8-27(13-18(28)2)25(29)15-30-14-20-12-23(33-26-20)19-6-7-22-24(11-19)32-16-31-22/h3-7,10-12,18H,8-9,13-16H2,1-2H3. The van der Waals surface area contributed by atoms with E-state index in [-0.39, 0.29) is 32.0 Å². The van der Waals surface area contributed by atoms with E-state index < -0.39 is 0 Å². The molecule has 1 amide bonds. The van der Waals surface area contributed by atoms with E-state index in [9.17, 15) is 4.79 Å². The highest BCUT2D eigenvalue weighted by molar-refractivity contribution is 5.78. The number of piperazine rings is 1. The number of ether oxygens (including phenoxy) is 3. The number of anilines is 1. The maximum atomic E-state index is 12.7. The van der Waals surface area contributed by atoms with Crippen LogP contribution in [-0.4, -0.2) is 55.0 Å². The third-order valence-corrected chi connectivity index (χ3v) is 6.01. The van der Waals surface area contributed by atoms with Gasteiger partial charge in [-0.2, -0.15) is 0 Å². The fraction of sp³-hybridized carbons (Fsp3) is 0.360. The smallest absolute Gasteiger partial charge is 0.248 e. The molecule has 1 unspecified atom stereocenters. The van der Waals surface area contributed by atoms with Crippen molar-refractivity contribution in [1.29, 1.82) is 0 Å². The van der Waals surface area contributed by atoms with Crippen molar-refractivity contribution in [3.05, 3.63) is 59.8 Å². The van der Waals surface area contributed by atoms with Gasteiger partial charge in [0, 0.05) is 43.0 Å². The molecule has 0 saturated carbocycles. The normalized spacial score (nSPS) is 17.5. The molecule has 1 atom stereocenters. The van der Waals surface area contributed by atoms with E-state index in [1.807, 2.05) is 29.2 Å². The molecule has 5 rings (SSSR count). The maximum absolute atomic E-state index is 12.7. The summed E-state index contributed by atoms with van der Waals surface area (Å²) < 4.78 is 21.8. The summed E-state index contributed by atoms with van der Waals surface area (Å²) >= 11 is 0. The number of benzene rings is 2. The molecule has 0 bridgehead atoms. The van der Waals surface area contributed by atoms with Gasteiger partial charge in [0.2, 0.25) is 12.7 Å². The second kappa shape index (κ2) is 9.15. The minimum atomic E-state index is -0.00904. The first-order chi connectivity index (χ1) is 16.1. The van der Waals surface area contributed by atoms with Crippen molar-refractivity contribution in [1.82, 2.24) is 10.1 Å². The minimum Gasteiger partial charge on any atom is -0.454 e. The molecule has 33 heavy (non-hydrogen) atoms. The lowest BCUT2D eigenvalue weighted by molar-refractivity contribution is -0.137. The number of hydrogen-bond donors (Lipinski definition) is 0. The lowest BCUT2D eigenvalue weighted by Gasteiger charge is -2.41. The van der Waals surface area contributed by atoms with Gasteiger partial charge in [-0.05, 0) is 49.7 Å². The Labute approximate surface area is 192 Å². The van der Waals surface area contributed by atoms with Crippen molar-refractivity contribution in [3.63, 3.8) is 0 Å². The number of rotatable bonds is 6. The van der Waals surface area contributed by atoms with Crippen LogP contribution in [0.25, 0.3) is 11.3 Å². The van der Waals surface area contributed by atoms with Crippen molar-refractivity contribution < 1.29 is 23.5 Å². The predicted molar refractivity (Wildman–Crippen MR) is 122 cm³/mol. The van der Waals surface area contributed by atoms with Crippen molar-refractivity contribution in [2.24, 2.45) is 0 Å². The second-order valence-electron chi connectivity index (χ2n) is 8.46. The summed E-state index contributed by atoms with van der Waals surface area (Å²) in [4.78, 5) is 16.9. The monoisotopic (exact) mass is 449 g/mol. The number of nitrogens with zero attached hydrogens (tertiary/aromatic N) is 3. The molecule has 1 saturated heterocycles. The molecule has 1 fully saturated rings. The molecule has 1 aromatic heterocycles. The van der Waals surface area contributed by atoms with E-state index in [2.05, 4.69) is 48.2 Å². The van der Waals surface area contributed by atoms with Crippen LogP contribution in [0.1, 0.15) is 18.2 Å². The second-order valence-corrected chi connectivity index (χ2v) is 8.46. The quantitative estimate of drug-likeness (QED) is 0.569. The van der Waals surface area contributed by atoms with Gasteiger partial charge in [0.25, 0.3) is 0 Å². The highest BCUT2D eigenvalue weighted by atomic mass is 16.7. The molecular formula is C25H27N3O5. The number of aryl methyl sites for hydroxylation is 1. The summed E-state index contributed by atoms with van der Waals surface area (Å²) in [6, 6.07) is 16.1. The number of carbonyl (C=O) groups is 1. The molecule has 8 nitrogen and oxygen atoms in total. The zero-order chi connectivity index (χ0) is 22.8. The average Bonchev–Trinajstić information content (AvgIpc) is 3.48. The van der Waals surface area contributed by atoms with E-state index in [4.69, 9.17) is 18.7 Å². The first kappa shape index (κ1) is 21.3. The number of amides is 1. The first-order valence-electron chi connectivity index (χ1n) is 11.1. The van der Waals surface area contributed by atoms with E-state index in [0.717, 1.165) is 17.9 Å². The third kappa shape index (κ3) is 4.66. The van der Waals surface area contributed by atoms with Gasteiger partial charge >= 0.3 is 0 Å². The summed E-state index contributed by atoms with van der Waals surface area (Å²) in [5.41, 5.74) is 3.92. The highest BCUT2D eigenvalue weighted by Crippen LogP contribution is 2.36. The molecule has 2 aliphatic heterocycles. The van der Waals surface area contributed by atoms with Gasteiger partial charge in [0.1, 0.15) is 12.3 Å². The zero-order valence-electron chi connectivity index (χ0n) is 18.8. The van der Waals surface area contributed by atoms with Gasteiger partial charge in [-0.15, -0.1) is 0 Å². The van der Waals surface area contributed by atoms with Crippen molar-refractivity contribution in [2.45, 2.75) is 26.5 Å².